The van der Waals surface area contributed by atoms with Gasteiger partial charge in [0, 0.05) is 25.7 Å². The second kappa shape index (κ2) is 11.4. The number of nitrogens with one attached hydrogen (secondary N) is 2. The summed E-state index contributed by atoms with van der Waals surface area (Å²) < 4.78 is 8.05. The van der Waals surface area contributed by atoms with Crippen LogP contribution in [-0.4, -0.2) is 46.3 Å². The van der Waals surface area contributed by atoms with Crippen LogP contribution in [0, 0.1) is 0 Å². The zero-order chi connectivity index (χ0) is 21.2. The third kappa shape index (κ3) is 6.10. The molecule has 0 aliphatic rings. The van der Waals surface area contributed by atoms with Crippen molar-refractivity contribution >= 4 is 23.2 Å². The molecule has 8 heteroatoms. The molecule has 30 heavy (non-hydrogen) atoms. The van der Waals surface area contributed by atoms with Crippen molar-refractivity contribution in [2.24, 2.45) is 4.99 Å². The molecule has 2 aromatic heterocycles. The molecule has 1 unspecified atom stereocenters. The van der Waals surface area contributed by atoms with Gasteiger partial charge in [-0.25, -0.2) is 4.99 Å². The number of pyridine rings is 1. The van der Waals surface area contributed by atoms with E-state index in [0.717, 1.165) is 49.8 Å². The molecule has 0 amide bonds. The second-order valence-electron chi connectivity index (χ2n) is 6.87. The minimum absolute atomic E-state index is 0.0392. The highest BCUT2D eigenvalue weighted by Gasteiger charge is 2.11. The van der Waals surface area contributed by atoms with E-state index in [-0.39, 0.29) is 6.10 Å². The first-order valence-electron chi connectivity index (χ1n) is 10.4. The fourth-order valence-corrected chi connectivity index (χ4v) is 3.20. The fourth-order valence-electron chi connectivity index (χ4n) is 3.02. The number of rotatable bonds is 10. The Morgan fingerprint density at radius 1 is 1.13 bits per heavy atom. The lowest BCUT2D eigenvalue weighted by atomic mass is 10.2. The Balaban J connectivity index is 1.50. The normalized spacial score (nSPS) is 12.7. The van der Waals surface area contributed by atoms with E-state index < -0.39 is 0 Å². The van der Waals surface area contributed by atoms with Crippen molar-refractivity contribution in [2.45, 2.75) is 39.2 Å². The van der Waals surface area contributed by atoms with Gasteiger partial charge < -0.3 is 15.4 Å². The Hall–Kier alpha value is -2.80. The molecule has 0 aliphatic carbocycles. The molecule has 2 N–H and O–H groups in total. The van der Waals surface area contributed by atoms with Crippen LogP contribution >= 0.6 is 11.6 Å². The van der Waals surface area contributed by atoms with Crippen molar-refractivity contribution in [3.63, 3.8) is 0 Å². The average molecular weight is 429 g/mol. The average Bonchev–Trinajstić information content (AvgIpc) is 3.18. The van der Waals surface area contributed by atoms with Crippen LogP contribution in [0.15, 0.2) is 53.7 Å². The predicted octanol–water partition coefficient (Wildman–Crippen LogP) is 3.73. The number of nitrogens with zero attached hydrogens (tertiary/aromatic N) is 4. The van der Waals surface area contributed by atoms with E-state index in [9.17, 15) is 0 Å². The molecule has 7 nitrogen and oxygen atoms in total. The molecule has 0 saturated heterocycles. The Labute approximate surface area is 182 Å². The summed E-state index contributed by atoms with van der Waals surface area (Å²) in [5.41, 5.74) is 0.875. The van der Waals surface area contributed by atoms with Crippen molar-refractivity contribution in [1.29, 1.82) is 0 Å². The largest absolute Gasteiger partial charge is 0.487 e. The van der Waals surface area contributed by atoms with E-state index in [1.807, 2.05) is 53.1 Å². The summed E-state index contributed by atoms with van der Waals surface area (Å²) in [6, 6.07) is 13.4. The molecular formula is C22H29ClN6O. The zero-order valence-electron chi connectivity index (χ0n) is 17.5. The van der Waals surface area contributed by atoms with Crippen LogP contribution in [-0.2, 0) is 6.42 Å². The van der Waals surface area contributed by atoms with Crippen LogP contribution in [0.1, 0.15) is 32.5 Å². The minimum atomic E-state index is -0.0392. The van der Waals surface area contributed by atoms with Crippen LogP contribution in [0.3, 0.4) is 0 Å². The molecule has 0 saturated carbocycles. The van der Waals surface area contributed by atoms with E-state index in [1.165, 1.54) is 0 Å². The van der Waals surface area contributed by atoms with E-state index in [2.05, 4.69) is 39.7 Å². The SMILES string of the molecule is CCNC(=NCC(CC)Oc1ccccc1Cl)NCCCc1nnc2ccccn12. The summed E-state index contributed by atoms with van der Waals surface area (Å²) in [6.07, 6.45) is 4.56. The van der Waals surface area contributed by atoms with E-state index in [1.54, 1.807) is 0 Å². The molecule has 3 rings (SSSR count). The monoisotopic (exact) mass is 428 g/mol. The van der Waals surface area contributed by atoms with Crippen LogP contribution in [0.25, 0.3) is 5.65 Å². The Morgan fingerprint density at radius 2 is 1.97 bits per heavy atom. The molecule has 0 fully saturated rings. The van der Waals surface area contributed by atoms with Crippen molar-refractivity contribution in [1.82, 2.24) is 25.2 Å². The standard InChI is InChI=1S/C22H29ClN6O/c1-3-17(30-19-11-6-5-10-18(19)23)16-26-22(24-4-2)25-14-9-13-21-28-27-20-12-7-8-15-29(20)21/h5-8,10-12,15,17H,3-4,9,13-14,16H2,1-2H3,(H2,24,25,26). The number of benzene rings is 1. The van der Waals surface area contributed by atoms with Crippen LogP contribution < -0.4 is 15.4 Å². The van der Waals surface area contributed by atoms with Crippen LogP contribution in [0.2, 0.25) is 5.02 Å². The molecule has 0 radical (unpaired) electrons. The molecule has 1 aromatic carbocycles. The maximum absolute atomic E-state index is 6.20. The Bertz CT molecular complexity index is 957. The highest BCUT2D eigenvalue weighted by Crippen LogP contribution is 2.24. The Kier molecular flexibility index (Phi) is 8.32. The van der Waals surface area contributed by atoms with Crippen molar-refractivity contribution in [3.8, 4) is 5.75 Å². The first kappa shape index (κ1) is 21.9. The molecule has 3 aromatic rings. The van der Waals surface area contributed by atoms with Crippen molar-refractivity contribution < 1.29 is 4.74 Å². The number of aliphatic imine (C=N–C) groups is 1. The maximum Gasteiger partial charge on any atom is 0.191 e. The summed E-state index contributed by atoms with van der Waals surface area (Å²) in [6.45, 7) is 6.27. The van der Waals surface area contributed by atoms with Gasteiger partial charge in [-0.2, -0.15) is 0 Å². The summed E-state index contributed by atoms with van der Waals surface area (Å²) in [4.78, 5) is 4.69. The molecule has 0 spiro atoms. The number of aryl methyl sites for hydroxylation is 1. The number of aromatic nitrogens is 3. The van der Waals surface area contributed by atoms with E-state index in [4.69, 9.17) is 16.3 Å². The lowest BCUT2D eigenvalue weighted by molar-refractivity contribution is 0.206. The van der Waals surface area contributed by atoms with E-state index >= 15 is 0 Å². The molecule has 0 bridgehead atoms. The third-order valence-electron chi connectivity index (χ3n) is 4.64. The van der Waals surface area contributed by atoms with Gasteiger partial charge in [0.1, 0.15) is 17.7 Å². The van der Waals surface area contributed by atoms with Gasteiger partial charge in [0.05, 0.1) is 11.6 Å². The van der Waals surface area contributed by atoms with Gasteiger partial charge >= 0.3 is 0 Å². The molecule has 0 aliphatic heterocycles. The number of halogens is 1. The maximum atomic E-state index is 6.20. The van der Waals surface area contributed by atoms with Crippen molar-refractivity contribution in [2.75, 3.05) is 19.6 Å². The van der Waals surface area contributed by atoms with Gasteiger partial charge in [0.15, 0.2) is 11.6 Å². The first-order valence-corrected chi connectivity index (χ1v) is 10.8. The van der Waals surface area contributed by atoms with Gasteiger partial charge in [-0.3, -0.25) is 4.40 Å². The number of hydrogen-bond donors (Lipinski definition) is 2. The van der Waals surface area contributed by atoms with E-state index in [0.29, 0.717) is 17.3 Å². The highest BCUT2D eigenvalue weighted by molar-refractivity contribution is 6.32. The number of para-hydroxylation sites is 1. The number of fused-ring (bicyclic) bond motifs is 1. The summed E-state index contributed by atoms with van der Waals surface area (Å²) in [5, 5.41) is 15.8. The van der Waals surface area contributed by atoms with Crippen molar-refractivity contribution in [3.05, 3.63) is 59.5 Å². The van der Waals surface area contributed by atoms with Gasteiger partial charge in [0.25, 0.3) is 0 Å². The third-order valence-corrected chi connectivity index (χ3v) is 4.95. The first-order chi connectivity index (χ1) is 14.7. The smallest absolute Gasteiger partial charge is 0.191 e. The fraction of sp³-hybridized carbons (Fsp3) is 0.409. The molecule has 160 valence electrons. The predicted molar refractivity (Wildman–Crippen MR) is 121 cm³/mol. The van der Waals surface area contributed by atoms with Gasteiger partial charge in [0.2, 0.25) is 0 Å². The molecule has 2 heterocycles. The van der Waals surface area contributed by atoms with Gasteiger partial charge in [-0.15, -0.1) is 10.2 Å². The van der Waals surface area contributed by atoms with Gasteiger partial charge in [-0.1, -0.05) is 36.7 Å². The lowest BCUT2D eigenvalue weighted by Gasteiger charge is -2.18. The lowest BCUT2D eigenvalue weighted by Crippen LogP contribution is -2.38. The minimum Gasteiger partial charge on any atom is -0.487 e. The second-order valence-corrected chi connectivity index (χ2v) is 7.28. The van der Waals surface area contributed by atoms with Crippen LogP contribution in [0.5, 0.6) is 5.75 Å². The number of guanidine groups is 1. The summed E-state index contributed by atoms with van der Waals surface area (Å²) in [5.74, 6) is 2.44. The number of hydrogen-bond acceptors (Lipinski definition) is 4. The Morgan fingerprint density at radius 3 is 2.77 bits per heavy atom. The number of ether oxygens (including phenoxy) is 1. The highest BCUT2D eigenvalue weighted by atomic mass is 35.5. The summed E-state index contributed by atoms with van der Waals surface area (Å²) in [7, 11) is 0. The zero-order valence-corrected chi connectivity index (χ0v) is 18.3. The quantitative estimate of drug-likeness (QED) is 0.292. The summed E-state index contributed by atoms with van der Waals surface area (Å²) >= 11 is 6.20. The molecular weight excluding hydrogens is 400 g/mol. The molecule has 1 atom stereocenters. The van der Waals surface area contributed by atoms with Crippen LogP contribution in [0.4, 0.5) is 0 Å². The van der Waals surface area contributed by atoms with Gasteiger partial charge in [-0.05, 0) is 44.0 Å². The topological polar surface area (TPSA) is 75.8 Å².